The number of rotatable bonds is 2. The van der Waals surface area contributed by atoms with Gasteiger partial charge in [-0.1, -0.05) is 60.7 Å². The molecule has 1 aliphatic carbocycles. The summed E-state index contributed by atoms with van der Waals surface area (Å²) in [5, 5.41) is 0. The van der Waals surface area contributed by atoms with E-state index in [4.69, 9.17) is 4.42 Å². The Morgan fingerprint density at radius 2 is 1.52 bits per heavy atom. The van der Waals surface area contributed by atoms with Gasteiger partial charge in [0.15, 0.2) is 5.78 Å². The molecule has 0 bridgehead atoms. The van der Waals surface area contributed by atoms with Crippen LogP contribution in [0.3, 0.4) is 0 Å². The van der Waals surface area contributed by atoms with Crippen LogP contribution < -0.4 is 0 Å². The summed E-state index contributed by atoms with van der Waals surface area (Å²) in [6.07, 6.45) is 1.34. The first-order valence-corrected chi connectivity index (χ1v) is 8.00. The Labute approximate surface area is 135 Å². The molecule has 114 valence electrons. The number of ketones is 1. The van der Waals surface area contributed by atoms with Crippen LogP contribution in [0.25, 0.3) is 11.1 Å². The van der Waals surface area contributed by atoms with E-state index < -0.39 is 0 Å². The van der Waals surface area contributed by atoms with E-state index in [2.05, 4.69) is 12.1 Å². The van der Waals surface area contributed by atoms with Crippen LogP contribution in [0.4, 0.5) is 0 Å². The zero-order valence-corrected chi connectivity index (χ0v) is 13.1. The molecular formula is C21H18O2. The van der Waals surface area contributed by atoms with Gasteiger partial charge in [-0.3, -0.25) is 4.79 Å². The van der Waals surface area contributed by atoms with E-state index in [0.29, 0.717) is 6.42 Å². The van der Waals surface area contributed by atoms with Crippen LogP contribution in [0.5, 0.6) is 0 Å². The van der Waals surface area contributed by atoms with E-state index in [0.717, 1.165) is 34.6 Å². The van der Waals surface area contributed by atoms with Gasteiger partial charge >= 0.3 is 0 Å². The molecule has 23 heavy (non-hydrogen) atoms. The van der Waals surface area contributed by atoms with Crippen molar-refractivity contribution >= 4 is 5.78 Å². The second-order valence-corrected chi connectivity index (χ2v) is 6.14. The Hall–Kier alpha value is -2.61. The summed E-state index contributed by atoms with van der Waals surface area (Å²) >= 11 is 0. The highest BCUT2D eigenvalue weighted by Crippen LogP contribution is 2.40. The number of hydrogen-bond acceptors (Lipinski definition) is 2. The summed E-state index contributed by atoms with van der Waals surface area (Å²) < 4.78 is 5.99. The standard InChI is InChI=1S/C21H18O2/c1-14-20(16-10-6-3-7-11-16)21-18(22)12-17(13-19(21)23-14)15-8-4-2-5-9-15/h2-11,17H,12-13H2,1H3. The maximum absolute atomic E-state index is 12.8. The largest absolute Gasteiger partial charge is 0.465 e. The molecule has 4 rings (SSSR count). The van der Waals surface area contributed by atoms with E-state index >= 15 is 0 Å². The van der Waals surface area contributed by atoms with Crippen molar-refractivity contribution in [3.63, 3.8) is 0 Å². The normalized spacial score (nSPS) is 17.1. The number of Topliss-reactive ketones (excluding diaryl/α,β-unsaturated/α-hetero) is 1. The Balaban J connectivity index is 1.78. The summed E-state index contributed by atoms with van der Waals surface area (Å²) in [4.78, 5) is 12.8. The Morgan fingerprint density at radius 1 is 0.870 bits per heavy atom. The summed E-state index contributed by atoms with van der Waals surface area (Å²) in [7, 11) is 0. The van der Waals surface area contributed by atoms with Crippen LogP contribution in [0.1, 0.15) is 39.8 Å². The van der Waals surface area contributed by atoms with E-state index in [1.165, 1.54) is 5.56 Å². The lowest BCUT2D eigenvalue weighted by Crippen LogP contribution is -2.17. The number of carbonyl (C=O) groups excluding carboxylic acids is 1. The van der Waals surface area contributed by atoms with Gasteiger partial charge in [-0.25, -0.2) is 0 Å². The fraction of sp³-hybridized carbons (Fsp3) is 0.190. The fourth-order valence-corrected chi connectivity index (χ4v) is 3.58. The van der Waals surface area contributed by atoms with E-state index in [-0.39, 0.29) is 11.7 Å². The predicted octanol–water partition coefficient (Wildman–Crippen LogP) is 5.17. The summed E-state index contributed by atoms with van der Waals surface area (Å²) in [5.74, 6) is 2.08. The summed E-state index contributed by atoms with van der Waals surface area (Å²) in [6.45, 7) is 1.95. The highest BCUT2D eigenvalue weighted by molar-refractivity contribution is 6.05. The first kappa shape index (κ1) is 14.0. The van der Waals surface area contributed by atoms with Gasteiger partial charge < -0.3 is 4.42 Å². The Morgan fingerprint density at radius 3 is 2.22 bits per heavy atom. The van der Waals surface area contributed by atoms with Gasteiger partial charge in [0, 0.05) is 18.4 Å². The minimum atomic E-state index is 0.191. The molecule has 0 N–H and O–H groups in total. The zero-order valence-electron chi connectivity index (χ0n) is 13.1. The number of fused-ring (bicyclic) bond motifs is 1. The molecule has 2 aromatic carbocycles. The van der Waals surface area contributed by atoms with Crippen molar-refractivity contribution in [1.29, 1.82) is 0 Å². The van der Waals surface area contributed by atoms with Gasteiger partial charge in [0.05, 0.1) is 5.56 Å². The molecule has 1 heterocycles. The maximum atomic E-state index is 12.8. The molecule has 0 radical (unpaired) electrons. The number of aryl methyl sites for hydroxylation is 1. The molecule has 0 aliphatic heterocycles. The molecule has 0 amide bonds. The number of benzene rings is 2. The van der Waals surface area contributed by atoms with Crippen molar-refractivity contribution in [1.82, 2.24) is 0 Å². The molecule has 2 nitrogen and oxygen atoms in total. The van der Waals surface area contributed by atoms with Crippen molar-refractivity contribution in [3.8, 4) is 11.1 Å². The average molecular weight is 302 g/mol. The number of hydrogen-bond donors (Lipinski definition) is 0. The molecule has 1 unspecified atom stereocenters. The summed E-state index contributed by atoms with van der Waals surface area (Å²) in [6, 6.07) is 20.3. The van der Waals surface area contributed by atoms with Crippen LogP contribution >= 0.6 is 0 Å². The third-order valence-electron chi connectivity index (χ3n) is 4.63. The highest BCUT2D eigenvalue weighted by Gasteiger charge is 2.33. The molecule has 2 heteroatoms. The van der Waals surface area contributed by atoms with Gasteiger partial charge in [0.1, 0.15) is 11.5 Å². The predicted molar refractivity (Wildman–Crippen MR) is 90.7 cm³/mol. The van der Waals surface area contributed by atoms with Gasteiger partial charge in [-0.05, 0) is 24.0 Å². The molecule has 3 aromatic rings. The van der Waals surface area contributed by atoms with Gasteiger partial charge in [-0.2, -0.15) is 0 Å². The first-order chi connectivity index (χ1) is 11.2. The van der Waals surface area contributed by atoms with Crippen molar-refractivity contribution in [2.75, 3.05) is 0 Å². The fourth-order valence-electron chi connectivity index (χ4n) is 3.58. The molecular weight excluding hydrogens is 284 g/mol. The molecule has 0 fully saturated rings. The van der Waals surface area contributed by atoms with Gasteiger partial charge in [0.25, 0.3) is 0 Å². The van der Waals surface area contributed by atoms with Crippen LogP contribution in [-0.2, 0) is 6.42 Å². The van der Waals surface area contributed by atoms with Crippen molar-refractivity contribution in [3.05, 3.63) is 83.3 Å². The molecule has 1 aromatic heterocycles. The molecule has 0 saturated heterocycles. The zero-order chi connectivity index (χ0) is 15.8. The molecule has 0 spiro atoms. The lowest BCUT2D eigenvalue weighted by molar-refractivity contribution is 0.0961. The van der Waals surface area contributed by atoms with Crippen LogP contribution in [0.2, 0.25) is 0 Å². The minimum absolute atomic E-state index is 0.191. The SMILES string of the molecule is Cc1oc2c(c1-c1ccccc1)C(=O)CC(c1ccccc1)C2. The topological polar surface area (TPSA) is 30.2 Å². The Kier molecular flexibility index (Phi) is 3.38. The average Bonchev–Trinajstić information content (AvgIpc) is 2.93. The molecule has 1 atom stereocenters. The quantitative estimate of drug-likeness (QED) is 0.654. The van der Waals surface area contributed by atoms with Crippen LogP contribution in [0.15, 0.2) is 65.1 Å². The highest BCUT2D eigenvalue weighted by atomic mass is 16.3. The lowest BCUT2D eigenvalue weighted by atomic mass is 9.81. The third kappa shape index (κ3) is 2.40. The second kappa shape index (κ2) is 5.54. The van der Waals surface area contributed by atoms with Crippen molar-refractivity contribution in [2.45, 2.75) is 25.7 Å². The molecule has 0 saturated carbocycles. The second-order valence-electron chi connectivity index (χ2n) is 6.14. The van der Waals surface area contributed by atoms with Gasteiger partial charge in [0.2, 0.25) is 0 Å². The van der Waals surface area contributed by atoms with E-state index in [1.807, 2.05) is 55.5 Å². The van der Waals surface area contributed by atoms with E-state index in [1.54, 1.807) is 0 Å². The number of carbonyl (C=O) groups is 1. The first-order valence-electron chi connectivity index (χ1n) is 8.00. The Bertz CT molecular complexity index is 844. The third-order valence-corrected chi connectivity index (χ3v) is 4.63. The minimum Gasteiger partial charge on any atom is -0.465 e. The summed E-state index contributed by atoms with van der Waals surface area (Å²) in [5.41, 5.74) is 4.03. The lowest BCUT2D eigenvalue weighted by Gasteiger charge is -2.21. The number of furan rings is 1. The smallest absolute Gasteiger partial charge is 0.167 e. The van der Waals surface area contributed by atoms with Crippen LogP contribution in [0, 0.1) is 6.92 Å². The maximum Gasteiger partial charge on any atom is 0.167 e. The monoisotopic (exact) mass is 302 g/mol. The van der Waals surface area contributed by atoms with Crippen molar-refractivity contribution in [2.24, 2.45) is 0 Å². The van der Waals surface area contributed by atoms with Gasteiger partial charge in [-0.15, -0.1) is 0 Å². The van der Waals surface area contributed by atoms with E-state index in [9.17, 15) is 4.79 Å². The van der Waals surface area contributed by atoms with Crippen LogP contribution in [-0.4, -0.2) is 5.78 Å². The molecule has 1 aliphatic rings. The van der Waals surface area contributed by atoms with Crippen molar-refractivity contribution < 1.29 is 9.21 Å².